The van der Waals surface area contributed by atoms with Gasteiger partial charge in [-0.2, -0.15) is 0 Å². The lowest BCUT2D eigenvalue weighted by molar-refractivity contribution is -0.167. The quantitative estimate of drug-likeness (QED) is 0.0262. The Kier molecular flexibility index (Phi) is 51.1. The molecule has 1 atom stereocenters. The third kappa shape index (κ3) is 52.3. The summed E-state index contributed by atoms with van der Waals surface area (Å²) in [5, 5.41) is 0. The highest BCUT2D eigenvalue weighted by Gasteiger charge is 2.19. The second-order valence-electron chi connectivity index (χ2n) is 17.0. The average molecular weight is 937 g/mol. The Labute approximate surface area is 417 Å². The monoisotopic (exact) mass is 937 g/mol. The number of allylic oxidation sites excluding steroid dienone is 24. The van der Waals surface area contributed by atoms with Crippen LogP contribution in [0.1, 0.15) is 207 Å². The zero-order chi connectivity index (χ0) is 49.3. The van der Waals surface area contributed by atoms with Gasteiger partial charge in [-0.15, -0.1) is 0 Å². The predicted molar refractivity (Wildman–Crippen MR) is 292 cm³/mol. The number of carbonyl (C=O) groups excluding carboxylic acids is 3. The number of ether oxygens (including phenoxy) is 3. The van der Waals surface area contributed by atoms with Crippen LogP contribution in [0.4, 0.5) is 0 Å². The van der Waals surface area contributed by atoms with Crippen LogP contribution in [0.15, 0.2) is 146 Å². The number of hydrogen-bond acceptors (Lipinski definition) is 6. The lowest BCUT2D eigenvalue weighted by Gasteiger charge is -2.18. The molecule has 6 nitrogen and oxygen atoms in total. The van der Waals surface area contributed by atoms with Crippen LogP contribution in [0.5, 0.6) is 0 Å². The van der Waals surface area contributed by atoms with E-state index in [-0.39, 0.29) is 37.5 Å². The first-order valence-electron chi connectivity index (χ1n) is 26.8. The summed E-state index contributed by atoms with van der Waals surface area (Å²) in [5.74, 6) is -1.03. The first kappa shape index (κ1) is 63.3. The smallest absolute Gasteiger partial charge is 0.306 e. The average Bonchev–Trinajstić information content (AvgIpc) is 3.34. The summed E-state index contributed by atoms with van der Waals surface area (Å²) < 4.78 is 16.7. The molecule has 6 heteroatoms. The van der Waals surface area contributed by atoms with Crippen LogP contribution in [-0.4, -0.2) is 37.2 Å². The van der Waals surface area contributed by atoms with Crippen LogP contribution < -0.4 is 0 Å². The Bertz CT molecular complexity index is 1540. The predicted octanol–water partition coefficient (Wildman–Crippen LogP) is 18.0. The van der Waals surface area contributed by atoms with E-state index >= 15 is 0 Å². The molecule has 380 valence electrons. The molecule has 0 N–H and O–H groups in total. The fourth-order valence-electron chi connectivity index (χ4n) is 6.66. The van der Waals surface area contributed by atoms with Gasteiger partial charge >= 0.3 is 17.9 Å². The molecule has 0 fully saturated rings. The highest BCUT2D eigenvalue weighted by Crippen LogP contribution is 2.12. The molecule has 0 amide bonds. The lowest BCUT2D eigenvalue weighted by atomic mass is 10.1. The summed E-state index contributed by atoms with van der Waals surface area (Å²) in [6.45, 7) is 6.20. The third-order valence-corrected chi connectivity index (χ3v) is 10.6. The number of carbonyl (C=O) groups is 3. The molecule has 0 aliphatic rings. The maximum Gasteiger partial charge on any atom is 0.306 e. The van der Waals surface area contributed by atoms with Crippen molar-refractivity contribution >= 4 is 17.9 Å². The molecule has 0 rings (SSSR count). The molecule has 0 heterocycles. The van der Waals surface area contributed by atoms with E-state index in [9.17, 15) is 14.4 Å². The summed E-state index contributed by atoms with van der Waals surface area (Å²) >= 11 is 0. The standard InChI is InChI=1S/C62H96O6/c1-4-7-10-13-16-19-22-25-28-30-31-33-34-37-40-43-46-49-52-55-61(64)67-58-59(57-66-60(63)54-51-48-45-42-39-36-27-24-21-18-15-12-9-6-3)68-62(65)56-53-50-47-44-41-38-35-32-29-26-23-20-17-14-11-8-5-2/h7-12,16-21,25-29,31,33,35-36,38,44,47,59H,4-6,13-15,22-24,30,32,34,37,39-43,45-46,48-58H2,1-3H3/b10-7-,11-8-,12-9-,19-16-,20-17-,21-18-,28-25-,29-26-,33-31-,36-27-,38-35-,47-44-. The van der Waals surface area contributed by atoms with E-state index in [0.29, 0.717) is 19.3 Å². The van der Waals surface area contributed by atoms with Gasteiger partial charge in [-0.1, -0.05) is 205 Å². The van der Waals surface area contributed by atoms with E-state index < -0.39 is 6.10 Å². The van der Waals surface area contributed by atoms with Gasteiger partial charge < -0.3 is 14.2 Å². The number of esters is 3. The fourth-order valence-corrected chi connectivity index (χ4v) is 6.66. The first-order chi connectivity index (χ1) is 33.5. The largest absolute Gasteiger partial charge is 0.462 e. The minimum atomic E-state index is -0.830. The van der Waals surface area contributed by atoms with Crippen molar-refractivity contribution in [2.24, 2.45) is 0 Å². The minimum Gasteiger partial charge on any atom is -0.462 e. The Hall–Kier alpha value is -4.71. The second-order valence-corrected chi connectivity index (χ2v) is 17.0. The first-order valence-corrected chi connectivity index (χ1v) is 26.8. The van der Waals surface area contributed by atoms with Gasteiger partial charge in [0.1, 0.15) is 13.2 Å². The number of hydrogen-bond donors (Lipinski definition) is 0. The van der Waals surface area contributed by atoms with Crippen molar-refractivity contribution < 1.29 is 28.6 Å². The van der Waals surface area contributed by atoms with Crippen molar-refractivity contribution in [2.75, 3.05) is 13.2 Å². The van der Waals surface area contributed by atoms with Crippen molar-refractivity contribution in [3.05, 3.63) is 146 Å². The highest BCUT2D eigenvalue weighted by atomic mass is 16.6. The van der Waals surface area contributed by atoms with Crippen LogP contribution in [0.2, 0.25) is 0 Å². The van der Waals surface area contributed by atoms with E-state index in [1.54, 1.807) is 0 Å². The fraction of sp³-hybridized carbons (Fsp3) is 0.565. The second kappa shape index (κ2) is 54.9. The molecule has 68 heavy (non-hydrogen) atoms. The van der Waals surface area contributed by atoms with E-state index in [1.165, 1.54) is 12.8 Å². The van der Waals surface area contributed by atoms with Gasteiger partial charge in [-0.05, 0) is 128 Å². The van der Waals surface area contributed by atoms with E-state index in [1.807, 2.05) is 0 Å². The van der Waals surface area contributed by atoms with E-state index in [2.05, 4.69) is 167 Å². The Morgan fingerprint density at radius 3 is 0.868 bits per heavy atom. The normalized spacial score (nSPS) is 13.3. The molecule has 0 bridgehead atoms. The van der Waals surface area contributed by atoms with Gasteiger partial charge in [-0.3, -0.25) is 14.4 Å². The van der Waals surface area contributed by atoms with Crippen molar-refractivity contribution in [3.63, 3.8) is 0 Å². The number of unbranched alkanes of at least 4 members (excludes halogenated alkanes) is 11. The minimum absolute atomic E-state index is 0.122. The van der Waals surface area contributed by atoms with E-state index in [0.717, 1.165) is 148 Å². The zero-order valence-electron chi connectivity index (χ0n) is 43.3. The van der Waals surface area contributed by atoms with Gasteiger partial charge in [0.05, 0.1) is 0 Å². The SMILES string of the molecule is CC/C=C\C/C=C\C/C=C\C/C=C\C/C=C\CCCC(=O)OC(COC(=O)CCCCCC/C=C\C/C=C\C/C=C\CC)COC(=O)CCCCCCCC/C=C\C/C=C\C/C=C\C/C=C\CC. The Morgan fingerprint density at radius 2 is 0.544 bits per heavy atom. The van der Waals surface area contributed by atoms with Crippen LogP contribution in [0, 0.1) is 0 Å². The van der Waals surface area contributed by atoms with Crippen LogP contribution in [0.3, 0.4) is 0 Å². The Balaban J connectivity index is 4.56. The molecule has 0 aliphatic carbocycles. The van der Waals surface area contributed by atoms with E-state index in [4.69, 9.17) is 14.2 Å². The molecular weight excluding hydrogens is 841 g/mol. The zero-order valence-corrected chi connectivity index (χ0v) is 43.3. The molecule has 0 saturated carbocycles. The summed E-state index contributed by atoms with van der Waals surface area (Å²) in [6, 6.07) is 0. The van der Waals surface area contributed by atoms with Crippen LogP contribution in [-0.2, 0) is 28.6 Å². The van der Waals surface area contributed by atoms with Crippen molar-refractivity contribution in [1.82, 2.24) is 0 Å². The van der Waals surface area contributed by atoms with Gasteiger partial charge in [0.15, 0.2) is 6.10 Å². The molecule has 1 unspecified atom stereocenters. The molecule has 0 spiro atoms. The molecular formula is C62H96O6. The van der Waals surface area contributed by atoms with Crippen molar-refractivity contribution in [2.45, 2.75) is 213 Å². The molecule has 0 saturated heterocycles. The third-order valence-electron chi connectivity index (χ3n) is 10.6. The van der Waals surface area contributed by atoms with Crippen molar-refractivity contribution in [3.8, 4) is 0 Å². The van der Waals surface area contributed by atoms with Gasteiger partial charge in [-0.25, -0.2) is 0 Å². The molecule has 0 aliphatic heterocycles. The van der Waals surface area contributed by atoms with Crippen LogP contribution >= 0.6 is 0 Å². The summed E-state index contributed by atoms with van der Waals surface area (Å²) in [6.07, 6.45) is 78.4. The molecule has 0 aromatic heterocycles. The molecule has 0 aromatic carbocycles. The molecule has 0 radical (unpaired) electrons. The van der Waals surface area contributed by atoms with Gasteiger partial charge in [0, 0.05) is 19.3 Å². The van der Waals surface area contributed by atoms with Crippen molar-refractivity contribution in [1.29, 1.82) is 0 Å². The molecule has 0 aromatic rings. The highest BCUT2D eigenvalue weighted by molar-refractivity contribution is 5.71. The summed E-state index contributed by atoms with van der Waals surface area (Å²) in [5.41, 5.74) is 0. The van der Waals surface area contributed by atoms with Crippen LogP contribution in [0.25, 0.3) is 0 Å². The Morgan fingerprint density at radius 1 is 0.294 bits per heavy atom. The topological polar surface area (TPSA) is 78.9 Å². The van der Waals surface area contributed by atoms with Gasteiger partial charge in [0.2, 0.25) is 0 Å². The summed E-state index contributed by atoms with van der Waals surface area (Å²) in [4.78, 5) is 38.1. The maximum absolute atomic E-state index is 12.8. The lowest BCUT2D eigenvalue weighted by Crippen LogP contribution is -2.30. The maximum atomic E-state index is 12.8. The summed E-state index contributed by atoms with van der Waals surface area (Å²) in [7, 11) is 0. The van der Waals surface area contributed by atoms with Gasteiger partial charge in [0.25, 0.3) is 0 Å². The number of rotatable bonds is 46.